The Hall–Kier alpha value is -2.59. The van der Waals surface area contributed by atoms with Gasteiger partial charge in [-0.15, -0.1) is 11.3 Å². The molecule has 0 saturated carbocycles. The summed E-state index contributed by atoms with van der Waals surface area (Å²) in [7, 11) is 0. The van der Waals surface area contributed by atoms with Crippen LogP contribution < -0.4 is 5.73 Å². The average Bonchev–Trinajstić information content (AvgIpc) is 3.02. The molecule has 2 N–H and O–H groups in total. The molecule has 0 amide bonds. The van der Waals surface area contributed by atoms with Gasteiger partial charge in [0.15, 0.2) is 0 Å². The molecular formula is C21H21NO2S. The minimum Gasteiger partial charge on any atom is -0.462 e. The Labute approximate surface area is 152 Å². The zero-order valence-corrected chi connectivity index (χ0v) is 15.2. The summed E-state index contributed by atoms with van der Waals surface area (Å²) in [5, 5.41) is 2.41. The van der Waals surface area contributed by atoms with Gasteiger partial charge in [-0.2, -0.15) is 0 Å². The van der Waals surface area contributed by atoms with Crippen LogP contribution in [0.4, 0.5) is 5.00 Å². The molecular weight excluding hydrogens is 330 g/mol. The van der Waals surface area contributed by atoms with E-state index in [2.05, 4.69) is 24.3 Å². The second-order valence-corrected chi connectivity index (χ2v) is 7.24. The van der Waals surface area contributed by atoms with E-state index in [1.807, 2.05) is 49.6 Å². The molecule has 0 bridgehead atoms. The van der Waals surface area contributed by atoms with E-state index in [0.717, 1.165) is 22.3 Å². The van der Waals surface area contributed by atoms with Gasteiger partial charge in [0.1, 0.15) is 10.6 Å². The maximum atomic E-state index is 12.4. The highest BCUT2D eigenvalue weighted by Crippen LogP contribution is 2.35. The minimum atomic E-state index is -0.352. The number of carbonyl (C=O) groups excluding carboxylic acids is 1. The molecule has 0 fully saturated rings. The van der Waals surface area contributed by atoms with Gasteiger partial charge in [-0.05, 0) is 22.6 Å². The molecule has 3 rings (SSSR count). The first-order chi connectivity index (χ1) is 12.1. The van der Waals surface area contributed by atoms with Gasteiger partial charge in [0, 0.05) is 10.9 Å². The number of esters is 1. The zero-order valence-electron chi connectivity index (χ0n) is 14.4. The van der Waals surface area contributed by atoms with Crippen LogP contribution in [0.2, 0.25) is 0 Å². The maximum Gasteiger partial charge on any atom is 0.341 e. The second-order valence-electron chi connectivity index (χ2n) is 6.32. The Morgan fingerprint density at radius 1 is 1.00 bits per heavy atom. The molecule has 25 heavy (non-hydrogen) atoms. The lowest BCUT2D eigenvalue weighted by molar-refractivity contribution is 0.0461. The van der Waals surface area contributed by atoms with Crippen LogP contribution in [-0.4, -0.2) is 12.6 Å². The number of rotatable bonds is 5. The molecule has 0 aliphatic carbocycles. The normalized spacial score (nSPS) is 10.8. The van der Waals surface area contributed by atoms with Gasteiger partial charge in [-0.3, -0.25) is 0 Å². The molecule has 3 nitrogen and oxygen atoms in total. The number of thiophene rings is 1. The van der Waals surface area contributed by atoms with Crippen LogP contribution in [0.15, 0.2) is 60.0 Å². The molecule has 0 atom stereocenters. The van der Waals surface area contributed by atoms with E-state index >= 15 is 0 Å². The van der Waals surface area contributed by atoms with E-state index in [0.29, 0.717) is 17.2 Å². The Morgan fingerprint density at radius 2 is 1.60 bits per heavy atom. The standard InChI is InChI=1S/C21H21NO2S/c1-14(2)12-24-21(23)19-18(13-25-20(19)22)17-10-8-16(9-11-17)15-6-4-3-5-7-15/h3-11,13-14H,12,22H2,1-2H3. The average molecular weight is 351 g/mol. The summed E-state index contributed by atoms with van der Waals surface area (Å²) >= 11 is 1.37. The third-order valence-electron chi connectivity index (χ3n) is 3.87. The van der Waals surface area contributed by atoms with Gasteiger partial charge in [0.25, 0.3) is 0 Å². The molecule has 1 heterocycles. The highest BCUT2D eigenvalue weighted by molar-refractivity contribution is 7.14. The van der Waals surface area contributed by atoms with Gasteiger partial charge >= 0.3 is 5.97 Å². The van der Waals surface area contributed by atoms with Crippen molar-refractivity contribution in [3.05, 3.63) is 65.5 Å². The molecule has 0 saturated heterocycles. The SMILES string of the molecule is CC(C)COC(=O)c1c(-c2ccc(-c3ccccc3)cc2)csc1N. The van der Waals surface area contributed by atoms with Gasteiger partial charge < -0.3 is 10.5 Å². The van der Waals surface area contributed by atoms with Crippen molar-refractivity contribution in [1.29, 1.82) is 0 Å². The van der Waals surface area contributed by atoms with Crippen molar-refractivity contribution < 1.29 is 9.53 Å². The molecule has 0 unspecified atom stereocenters. The zero-order chi connectivity index (χ0) is 17.8. The van der Waals surface area contributed by atoms with Crippen LogP contribution in [0.5, 0.6) is 0 Å². The summed E-state index contributed by atoms with van der Waals surface area (Å²) in [6.45, 7) is 4.40. The fraction of sp³-hybridized carbons (Fsp3) is 0.190. The summed E-state index contributed by atoms with van der Waals surface area (Å²) in [5.41, 5.74) is 10.6. The number of hydrogen-bond donors (Lipinski definition) is 1. The van der Waals surface area contributed by atoms with E-state index in [1.165, 1.54) is 11.3 Å². The number of benzene rings is 2. The molecule has 1 aromatic heterocycles. The molecule has 2 aromatic carbocycles. The van der Waals surface area contributed by atoms with E-state index in [4.69, 9.17) is 10.5 Å². The topological polar surface area (TPSA) is 52.3 Å². The van der Waals surface area contributed by atoms with Crippen LogP contribution in [0.25, 0.3) is 22.3 Å². The van der Waals surface area contributed by atoms with Gasteiger partial charge in [-0.1, -0.05) is 68.4 Å². The van der Waals surface area contributed by atoms with Crippen LogP contribution >= 0.6 is 11.3 Å². The lowest BCUT2D eigenvalue weighted by Gasteiger charge is -2.09. The number of ether oxygens (including phenoxy) is 1. The van der Waals surface area contributed by atoms with Crippen molar-refractivity contribution in [3.8, 4) is 22.3 Å². The highest BCUT2D eigenvalue weighted by atomic mass is 32.1. The Balaban J connectivity index is 1.89. The van der Waals surface area contributed by atoms with Crippen LogP contribution in [0.1, 0.15) is 24.2 Å². The molecule has 0 aliphatic heterocycles. The largest absolute Gasteiger partial charge is 0.462 e. The number of hydrogen-bond acceptors (Lipinski definition) is 4. The number of nitrogen functional groups attached to an aromatic ring is 1. The molecule has 0 radical (unpaired) electrons. The van der Waals surface area contributed by atoms with Crippen molar-refractivity contribution >= 4 is 22.3 Å². The van der Waals surface area contributed by atoms with E-state index < -0.39 is 0 Å². The third kappa shape index (κ3) is 3.91. The lowest BCUT2D eigenvalue weighted by atomic mass is 9.99. The maximum absolute atomic E-state index is 12.4. The fourth-order valence-electron chi connectivity index (χ4n) is 2.58. The number of carbonyl (C=O) groups is 1. The predicted molar refractivity (Wildman–Crippen MR) is 105 cm³/mol. The van der Waals surface area contributed by atoms with Crippen molar-refractivity contribution in [2.45, 2.75) is 13.8 Å². The summed E-state index contributed by atoms with van der Waals surface area (Å²) in [6.07, 6.45) is 0. The van der Waals surface area contributed by atoms with Gasteiger partial charge in [-0.25, -0.2) is 4.79 Å². The van der Waals surface area contributed by atoms with Crippen molar-refractivity contribution in [2.75, 3.05) is 12.3 Å². The smallest absolute Gasteiger partial charge is 0.341 e. The molecule has 4 heteroatoms. The molecule has 0 aliphatic rings. The second kappa shape index (κ2) is 7.53. The summed E-state index contributed by atoms with van der Waals surface area (Å²) in [5.74, 6) is -0.0630. The predicted octanol–water partition coefficient (Wildman–Crippen LogP) is 5.48. The molecule has 128 valence electrons. The summed E-state index contributed by atoms with van der Waals surface area (Å²) in [6, 6.07) is 18.3. The van der Waals surface area contributed by atoms with E-state index in [9.17, 15) is 4.79 Å². The highest BCUT2D eigenvalue weighted by Gasteiger charge is 2.20. The van der Waals surface area contributed by atoms with Crippen molar-refractivity contribution in [3.63, 3.8) is 0 Å². The number of anilines is 1. The fourth-order valence-corrected chi connectivity index (χ4v) is 3.39. The third-order valence-corrected chi connectivity index (χ3v) is 4.69. The molecule has 0 spiro atoms. The first kappa shape index (κ1) is 17.2. The Morgan fingerprint density at radius 3 is 2.24 bits per heavy atom. The number of nitrogens with two attached hydrogens (primary N) is 1. The Bertz CT molecular complexity index is 851. The summed E-state index contributed by atoms with van der Waals surface area (Å²) < 4.78 is 5.37. The monoisotopic (exact) mass is 351 g/mol. The first-order valence-corrected chi connectivity index (χ1v) is 9.14. The minimum absolute atomic E-state index is 0.289. The van der Waals surface area contributed by atoms with E-state index in [1.54, 1.807) is 0 Å². The Kier molecular flexibility index (Phi) is 5.19. The van der Waals surface area contributed by atoms with Crippen molar-refractivity contribution in [2.24, 2.45) is 5.92 Å². The van der Waals surface area contributed by atoms with Crippen molar-refractivity contribution in [1.82, 2.24) is 0 Å². The quantitative estimate of drug-likeness (QED) is 0.620. The summed E-state index contributed by atoms with van der Waals surface area (Å²) in [4.78, 5) is 12.4. The van der Waals surface area contributed by atoms with Crippen LogP contribution in [0.3, 0.4) is 0 Å². The van der Waals surface area contributed by atoms with E-state index in [-0.39, 0.29) is 11.9 Å². The van der Waals surface area contributed by atoms with Gasteiger partial charge in [0.2, 0.25) is 0 Å². The van der Waals surface area contributed by atoms with Gasteiger partial charge in [0.05, 0.1) is 6.61 Å². The molecule has 3 aromatic rings. The van der Waals surface area contributed by atoms with Crippen LogP contribution in [-0.2, 0) is 4.74 Å². The van der Waals surface area contributed by atoms with Crippen LogP contribution in [0, 0.1) is 5.92 Å². The first-order valence-electron chi connectivity index (χ1n) is 8.26. The lowest BCUT2D eigenvalue weighted by Crippen LogP contribution is -2.11.